The Morgan fingerprint density at radius 2 is 2.10 bits per heavy atom. The lowest BCUT2D eigenvalue weighted by atomic mass is 9.86. The Morgan fingerprint density at radius 1 is 1.45 bits per heavy atom. The van der Waals surface area contributed by atoms with Crippen molar-refractivity contribution >= 4 is 5.69 Å². The molecule has 0 bridgehead atoms. The topological polar surface area (TPSA) is 84.6 Å². The molecule has 0 aliphatic carbocycles. The van der Waals surface area contributed by atoms with E-state index in [1.165, 1.54) is 12.1 Å². The first-order chi connectivity index (χ1) is 9.22. The second kappa shape index (κ2) is 5.03. The number of benzene rings is 1. The molecule has 1 aliphatic rings. The van der Waals surface area contributed by atoms with E-state index in [9.17, 15) is 15.2 Å². The maximum absolute atomic E-state index is 10.9. The van der Waals surface area contributed by atoms with Gasteiger partial charge in [-0.25, -0.2) is 0 Å². The van der Waals surface area contributed by atoms with Crippen molar-refractivity contribution in [2.45, 2.75) is 51.5 Å². The van der Waals surface area contributed by atoms with E-state index in [2.05, 4.69) is 5.32 Å². The number of non-ortho nitro benzene ring substituents is 1. The molecule has 6 nitrogen and oxygen atoms in total. The molecule has 20 heavy (non-hydrogen) atoms. The van der Waals surface area contributed by atoms with Crippen molar-refractivity contribution in [1.29, 1.82) is 0 Å². The molecule has 0 saturated heterocycles. The molecule has 0 radical (unpaired) electrons. The lowest BCUT2D eigenvalue weighted by molar-refractivity contribution is -0.385. The van der Waals surface area contributed by atoms with Gasteiger partial charge in [0.15, 0.2) is 0 Å². The van der Waals surface area contributed by atoms with Gasteiger partial charge in [-0.1, -0.05) is 13.8 Å². The molecule has 1 aliphatic heterocycles. The number of nitro benzene ring substituents is 1. The van der Waals surface area contributed by atoms with Crippen LogP contribution >= 0.6 is 0 Å². The fourth-order valence-electron chi connectivity index (χ4n) is 2.44. The normalized spacial score (nSPS) is 24.1. The van der Waals surface area contributed by atoms with Crippen molar-refractivity contribution in [2.75, 3.05) is 0 Å². The molecule has 110 valence electrons. The molecule has 0 unspecified atom stereocenters. The average molecular weight is 280 g/mol. The average Bonchev–Trinajstić information content (AvgIpc) is 2.33. The number of nitrogens with one attached hydrogen (secondary N) is 1. The Labute approximate surface area is 117 Å². The highest BCUT2D eigenvalue weighted by atomic mass is 16.6. The Bertz CT molecular complexity index is 528. The first-order valence-corrected chi connectivity index (χ1v) is 6.64. The van der Waals surface area contributed by atoms with E-state index in [1.54, 1.807) is 19.9 Å². The summed E-state index contributed by atoms with van der Waals surface area (Å²) in [5, 5.41) is 24.6. The van der Waals surface area contributed by atoms with Crippen molar-refractivity contribution in [1.82, 2.24) is 5.32 Å². The zero-order chi connectivity index (χ0) is 15.1. The molecule has 1 aromatic carbocycles. The van der Waals surface area contributed by atoms with Crippen LogP contribution < -0.4 is 10.1 Å². The standard InChI is InChI=1S/C14H20N2O4/c1-8(2)15-12-10-7-9(16(18)19)5-6-11(10)20-14(3,4)13(12)17/h5-8,12-13,15,17H,1-4H3/t12-,13+/m0/s1. The van der Waals surface area contributed by atoms with Crippen LogP contribution in [0.15, 0.2) is 18.2 Å². The quantitative estimate of drug-likeness (QED) is 0.654. The van der Waals surface area contributed by atoms with Crippen LogP contribution in [0.5, 0.6) is 5.75 Å². The Morgan fingerprint density at radius 3 is 2.65 bits per heavy atom. The first kappa shape index (κ1) is 14.7. The summed E-state index contributed by atoms with van der Waals surface area (Å²) in [4.78, 5) is 10.5. The number of rotatable bonds is 3. The third-order valence-electron chi connectivity index (χ3n) is 3.45. The highest BCUT2D eigenvalue weighted by molar-refractivity contribution is 5.48. The van der Waals surface area contributed by atoms with Gasteiger partial charge in [0.25, 0.3) is 5.69 Å². The van der Waals surface area contributed by atoms with Crippen LogP contribution in [0.3, 0.4) is 0 Å². The number of nitrogens with zero attached hydrogens (tertiary/aromatic N) is 1. The van der Waals surface area contributed by atoms with E-state index in [1.807, 2.05) is 13.8 Å². The van der Waals surface area contributed by atoms with E-state index in [4.69, 9.17) is 4.74 Å². The number of hydrogen-bond donors (Lipinski definition) is 2. The van der Waals surface area contributed by atoms with Gasteiger partial charge in [-0.15, -0.1) is 0 Å². The minimum absolute atomic E-state index is 0.00480. The number of aliphatic hydroxyl groups excluding tert-OH is 1. The fraction of sp³-hybridized carbons (Fsp3) is 0.571. The third-order valence-corrected chi connectivity index (χ3v) is 3.45. The smallest absolute Gasteiger partial charge is 0.270 e. The lowest BCUT2D eigenvalue weighted by Gasteiger charge is -2.43. The molecule has 0 aromatic heterocycles. The van der Waals surface area contributed by atoms with Gasteiger partial charge in [0, 0.05) is 23.7 Å². The van der Waals surface area contributed by atoms with Crippen LogP contribution in [-0.2, 0) is 0 Å². The summed E-state index contributed by atoms with van der Waals surface area (Å²) in [7, 11) is 0. The van der Waals surface area contributed by atoms with Gasteiger partial charge in [-0.2, -0.15) is 0 Å². The Kier molecular flexibility index (Phi) is 3.71. The Balaban J connectivity index is 2.50. The second-order valence-corrected chi connectivity index (χ2v) is 5.93. The minimum Gasteiger partial charge on any atom is -0.485 e. The number of fused-ring (bicyclic) bond motifs is 1. The van der Waals surface area contributed by atoms with Crippen molar-refractivity contribution in [3.05, 3.63) is 33.9 Å². The first-order valence-electron chi connectivity index (χ1n) is 6.64. The van der Waals surface area contributed by atoms with Gasteiger partial charge in [-0.05, 0) is 19.9 Å². The van der Waals surface area contributed by atoms with Gasteiger partial charge in [0.2, 0.25) is 0 Å². The molecule has 0 fully saturated rings. The van der Waals surface area contributed by atoms with Crippen LogP contribution in [-0.4, -0.2) is 27.8 Å². The van der Waals surface area contributed by atoms with Crippen LogP contribution in [0.1, 0.15) is 39.3 Å². The SMILES string of the molecule is CC(C)N[C@H]1c2cc([N+](=O)[O-])ccc2OC(C)(C)[C@@H]1O. The third kappa shape index (κ3) is 2.62. The van der Waals surface area contributed by atoms with Crippen molar-refractivity contribution < 1.29 is 14.8 Å². The van der Waals surface area contributed by atoms with Crippen molar-refractivity contribution in [3.63, 3.8) is 0 Å². The molecule has 0 saturated carbocycles. The maximum atomic E-state index is 10.9. The van der Waals surface area contributed by atoms with E-state index in [0.29, 0.717) is 11.3 Å². The summed E-state index contributed by atoms with van der Waals surface area (Å²) < 4.78 is 5.77. The molecule has 2 rings (SSSR count). The molecule has 6 heteroatoms. The zero-order valence-corrected chi connectivity index (χ0v) is 12.1. The molecule has 2 atom stereocenters. The van der Waals surface area contributed by atoms with E-state index in [0.717, 1.165) is 0 Å². The van der Waals surface area contributed by atoms with Crippen LogP contribution in [0.2, 0.25) is 0 Å². The monoisotopic (exact) mass is 280 g/mol. The van der Waals surface area contributed by atoms with Crippen LogP contribution in [0.25, 0.3) is 0 Å². The van der Waals surface area contributed by atoms with Crippen LogP contribution in [0, 0.1) is 10.1 Å². The highest BCUT2D eigenvalue weighted by Gasteiger charge is 2.43. The molecule has 1 aromatic rings. The molecule has 2 N–H and O–H groups in total. The second-order valence-electron chi connectivity index (χ2n) is 5.93. The molecule has 0 spiro atoms. The van der Waals surface area contributed by atoms with Gasteiger partial charge in [0.05, 0.1) is 11.0 Å². The highest BCUT2D eigenvalue weighted by Crippen LogP contribution is 2.41. The maximum Gasteiger partial charge on any atom is 0.270 e. The van der Waals surface area contributed by atoms with Crippen molar-refractivity contribution in [3.8, 4) is 5.75 Å². The minimum atomic E-state index is -0.792. The number of nitro groups is 1. The van der Waals surface area contributed by atoms with E-state index in [-0.39, 0.29) is 11.7 Å². The summed E-state index contributed by atoms with van der Waals surface area (Å²) in [6.07, 6.45) is -0.792. The van der Waals surface area contributed by atoms with Crippen LogP contribution in [0.4, 0.5) is 5.69 Å². The number of hydrogen-bond acceptors (Lipinski definition) is 5. The Hall–Kier alpha value is -1.66. The van der Waals surface area contributed by atoms with Gasteiger partial charge >= 0.3 is 0 Å². The number of ether oxygens (including phenoxy) is 1. The number of aliphatic hydroxyl groups is 1. The van der Waals surface area contributed by atoms with E-state index >= 15 is 0 Å². The molecular weight excluding hydrogens is 260 g/mol. The summed E-state index contributed by atoms with van der Waals surface area (Å²) in [5.74, 6) is 0.573. The predicted molar refractivity (Wildman–Crippen MR) is 74.8 cm³/mol. The van der Waals surface area contributed by atoms with Gasteiger partial charge in [-0.3, -0.25) is 10.1 Å². The molecule has 0 amide bonds. The molecular formula is C14H20N2O4. The lowest BCUT2D eigenvalue weighted by Crippen LogP contribution is -2.53. The fourth-order valence-corrected chi connectivity index (χ4v) is 2.44. The molecule has 1 heterocycles. The summed E-state index contributed by atoms with van der Waals surface area (Å²) in [5.41, 5.74) is -0.134. The van der Waals surface area contributed by atoms with Gasteiger partial charge in [0.1, 0.15) is 17.5 Å². The summed E-state index contributed by atoms with van der Waals surface area (Å²) in [6.45, 7) is 7.53. The van der Waals surface area contributed by atoms with Crippen molar-refractivity contribution in [2.24, 2.45) is 0 Å². The predicted octanol–water partition coefficient (Wildman–Crippen LogP) is 2.17. The summed E-state index contributed by atoms with van der Waals surface area (Å²) >= 11 is 0. The summed E-state index contributed by atoms with van der Waals surface area (Å²) in [6, 6.07) is 4.22. The van der Waals surface area contributed by atoms with E-state index < -0.39 is 22.7 Å². The van der Waals surface area contributed by atoms with Gasteiger partial charge < -0.3 is 15.2 Å². The zero-order valence-electron chi connectivity index (χ0n) is 12.1. The largest absolute Gasteiger partial charge is 0.485 e.